The van der Waals surface area contributed by atoms with Crippen molar-refractivity contribution >= 4 is 23.0 Å². The number of hydrogen-bond acceptors (Lipinski definition) is 7. The van der Waals surface area contributed by atoms with Gasteiger partial charge in [-0.2, -0.15) is 36.5 Å². The Hall–Kier alpha value is -3.19. The Morgan fingerprint density at radius 1 is 1.06 bits per heavy atom. The van der Waals surface area contributed by atoms with Crippen LogP contribution < -0.4 is 9.75 Å². The largest absolute Gasteiger partial charge is 0.497 e. The maximum Gasteiger partial charge on any atom is 0.438 e. The highest BCUT2D eigenvalue weighted by Crippen LogP contribution is 2.44. The van der Waals surface area contributed by atoms with Crippen molar-refractivity contribution in [1.82, 2.24) is 9.97 Å². The number of methoxy groups -OCH3 is 1. The van der Waals surface area contributed by atoms with Gasteiger partial charge in [0, 0.05) is 0 Å². The van der Waals surface area contributed by atoms with E-state index in [2.05, 4.69) is 15.1 Å². The average molecular weight is 488 g/mol. The molecule has 0 spiro atoms. The molecular weight excluding hydrogens is 474 g/mol. The second kappa shape index (κ2) is 7.99. The minimum Gasteiger partial charge on any atom is -0.497 e. The predicted octanol–water partition coefficient (Wildman–Crippen LogP) is 5.10. The Morgan fingerprint density at radius 3 is 2.30 bits per heavy atom. The first-order valence-corrected chi connectivity index (χ1v) is 10.1. The summed E-state index contributed by atoms with van der Waals surface area (Å²) in [6, 6.07) is 9.43. The van der Waals surface area contributed by atoms with Gasteiger partial charge in [-0.05, 0) is 47.3 Å². The van der Waals surface area contributed by atoms with Crippen molar-refractivity contribution in [2.75, 3.05) is 12.1 Å². The minimum absolute atomic E-state index is 0.00108. The summed E-state index contributed by atoms with van der Waals surface area (Å²) >= 11 is 1.04. The molecule has 3 heterocycles. The van der Waals surface area contributed by atoms with Crippen LogP contribution in [-0.4, -0.2) is 39.8 Å². The summed E-state index contributed by atoms with van der Waals surface area (Å²) in [5.74, 6) is -0.598. The summed E-state index contributed by atoms with van der Waals surface area (Å²) in [5, 5.41) is 16.0. The zero-order chi connectivity index (χ0) is 24.0. The van der Waals surface area contributed by atoms with Gasteiger partial charge in [-0.15, -0.1) is 11.3 Å². The Balaban J connectivity index is 1.87. The second-order valence-corrected chi connectivity index (χ2v) is 7.94. The van der Waals surface area contributed by atoms with Gasteiger partial charge in [-0.25, -0.2) is 9.97 Å². The van der Waals surface area contributed by atoms with E-state index in [0.29, 0.717) is 11.8 Å². The first-order chi connectivity index (χ1) is 15.4. The van der Waals surface area contributed by atoms with Gasteiger partial charge in [-0.1, -0.05) is 6.07 Å². The van der Waals surface area contributed by atoms with Crippen molar-refractivity contribution in [3.63, 3.8) is 0 Å². The molecule has 0 aliphatic carbocycles. The van der Waals surface area contributed by atoms with Crippen LogP contribution in [0.5, 0.6) is 5.75 Å². The van der Waals surface area contributed by atoms with Crippen LogP contribution in [0, 0.1) is 0 Å². The van der Waals surface area contributed by atoms with E-state index >= 15 is 0 Å². The first kappa shape index (κ1) is 23.0. The van der Waals surface area contributed by atoms with Crippen molar-refractivity contribution in [2.45, 2.75) is 24.5 Å². The number of aromatic nitrogens is 2. The minimum atomic E-state index is -5.29. The van der Waals surface area contributed by atoms with Crippen LogP contribution in [0.1, 0.15) is 17.7 Å². The van der Waals surface area contributed by atoms with E-state index in [0.717, 1.165) is 11.3 Å². The van der Waals surface area contributed by atoms with Crippen molar-refractivity contribution in [3.8, 4) is 16.3 Å². The maximum absolute atomic E-state index is 13.9. The fourth-order valence-corrected chi connectivity index (χ4v) is 3.83. The topological polar surface area (TPSA) is 70.8 Å². The Morgan fingerprint density at radius 2 is 1.76 bits per heavy atom. The van der Waals surface area contributed by atoms with E-state index in [9.17, 15) is 31.4 Å². The molecule has 2 aromatic heterocycles. The van der Waals surface area contributed by atoms with E-state index < -0.39 is 36.1 Å². The molecule has 0 saturated heterocycles. The highest BCUT2D eigenvalue weighted by molar-refractivity contribution is 7.13. The number of alkyl halides is 6. The molecule has 1 aliphatic heterocycles. The zero-order valence-corrected chi connectivity index (χ0v) is 17.5. The molecule has 33 heavy (non-hydrogen) atoms. The molecule has 174 valence electrons. The molecule has 4 rings (SSSR count). The van der Waals surface area contributed by atoms with Crippen molar-refractivity contribution < 1.29 is 36.2 Å². The Kier molecular flexibility index (Phi) is 5.56. The molecule has 0 unspecified atom stereocenters. The lowest BCUT2D eigenvalue weighted by molar-refractivity contribution is -0.254. The van der Waals surface area contributed by atoms with Gasteiger partial charge in [-0.3, -0.25) is 0 Å². The van der Waals surface area contributed by atoms with Crippen molar-refractivity contribution in [2.24, 2.45) is 5.10 Å². The molecule has 0 fully saturated rings. The van der Waals surface area contributed by atoms with Gasteiger partial charge in [0.05, 0.1) is 29.8 Å². The smallest absolute Gasteiger partial charge is 0.438 e. The molecule has 0 bridgehead atoms. The molecule has 1 aliphatic rings. The van der Waals surface area contributed by atoms with Crippen molar-refractivity contribution in [1.29, 1.82) is 0 Å². The quantitative estimate of drug-likeness (QED) is 0.518. The number of nitrogens with zero attached hydrogens (tertiary/aromatic N) is 4. The van der Waals surface area contributed by atoms with Crippen LogP contribution in [-0.2, 0) is 6.18 Å². The van der Waals surface area contributed by atoms with E-state index in [-0.39, 0.29) is 26.9 Å². The van der Waals surface area contributed by atoms with Gasteiger partial charge in [0.15, 0.2) is 5.69 Å². The fourth-order valence-electron chi connectivity index (χ4n) is 3.15. The van der Waals surface area contributed by atoms with Gasteiger partial charge in [0.25, 0.3) is 5.72 Å². The van der Waals surface area contributed by atoms with Crippen molar-refractivity contribution in [3.05, 3.63) is 59.1 Å². The molecule has 1 atom stereocenters. The number of hydrogen-bond donors (Lipinski definition) is 1. The Labute approximate surface area is 186 Å². The molecule has 13 heteroatoms. The molecule has 1 N–H and O–H groups in total. The van der Waals surface area contributed by atoms with Gasteiger partial charge in [0.1, 0.15) is 5.75 Å². The summed E-state index contributed by atoms with van der Waals surface area (Å²) in [6.07, 6.45) is -11.3. The number of halogens is 6. The lowest BCUT2D eigenvalue weighted by Gasteiger charge is -2.32. The fraction of sp³-hybridized carbons (Fsp3) is 0.250. The van der Waals surface area contributed by atoms with E-state index in [1.54, 1.807) is 11.4 Å². The third-order valence-electron chi connectivity index (χ3n) is 4.83. The summed E-state index contributed by atoms with van der Waals surface area (Å²) in [7, 11) is 1.41. The average Bonchev–Trinajstić information content (AvgIpc) is 3.41. The Bertz CT molecular complexity index is 1180. The highest BCUT2D eigenvalue weighted by Gasteiger charge is 2.63. The number of thiophene rings is 1. The lowest BCUT2D eigenvalue weighted by Crippen LogP contribution is -2.55. The zero-order valence-electron chi connectivity index (χ0n) is 16.6. The number of ether oxygens (including phenoxy) is 1. The van der Waals surface area contributed by atoms with Crippen LogP contribution in [0.3, 0.4) is 0 Å². The monoisotopic (exact) mass is 488 g/mol. The second-order valence-electron chi connectivity index (χ2n) is 6.99. The molecule has 0 saturated carbocycles. The first-order valence-electron chi connectivity index (χ1n) is 9.24. The maximum atomic E-state index is 13.9. The van der Waals surface area contributed by atoms with Gasteiger partial charge >= 0.3 is 12.4 Å². The van der Waals surface area contributed by atoms with Crippen LogP contribution >= 0.6 is 11.3 Å². The summed E-state index contributed by atoms with van der Waals surface area (Å²) in [5.41, 5.74) is -5.37. The summed E-state index contributed by atoms with van der Waals surface area (Å²) < 4.78 is 87.2. The number of hydrazone groups is 1. The van der Waals surface area contributed by atoms with Gasteiger partial charge in [0.2, 0.25) is 5.95 Å². The van der Waals surface area contributed by atoms with E-state index in [1.165, 1.54) is 37.4 Å². The third kappa shape index (κ3) is 4.25. The SMILES string of the molecule is COc1ccc(C2=NN(c3nc(-c4cccs4)cc(C(F)(F)F)n3)[C@](O)(C(F)(F)F)C2)cc1. The number of benzene rings is 1. The number of anilines is 1. The normalized spacial score (nSPS) is 19.0. The summed E-state index contributed by atoms with van der Waals surface area (Å²) in [6.45, 7) is 0. The van der Waals surface area contributed by atoms with Crippen LogP contribution in [0.4, 0.5) is 32.3 Å². The molecule has 3 aromatic rings. The third-order valence-corrected chi connectivity index (χ3v) is 5.72. The van der Waals surface area contributed by atoms with Crippen LogP contribution in [0.25, 0.3) is 10.6 Å². The van der Waals surface area contributed by atoms with Crippen LogP contribution in [0.2, 0.25) is 0 Å². The van der Waals surface area contributed by atoms with Gasteiger partial charge < -0.3 is 9.84 Å². The lowest BCUT2D eigenvalue weighted by atomic mass is 10.0. The number of rotatable bonds is 4. The molecule has 1 aromatic carbocycles. The number of aliphatic hydroxyl groups is 1. The highest BCUT2D eigenvalue weighted by atomic mass is 32.1. The van der Waals surface area contributed by atoms with E-state index in [4.69, 9.17) is 4.74 Å². The predicted molar refractivity (Wildman–Crippen MR) is 108 cm³/mol. The molecule has 6 nitrogen and oxygen atoms in total. The molecule has 0 radical (unpaired) electrons. The standard InChI is InChI=1S/C20H14F6N4O2S/c1-32-12-6-4-11(5-7-12)14-10-18(31,20(24,25)26)30(29-14)17-27-13(15-3-2-8-33-15)9-16(28-17)19(21,22)23/h2-9,31H,10H2,1H3/t18-/m1/s1. The van der Waals surface area contributed by atoms with Crippen LogP contribution in [0.15, 0.2) is 52.9 Å². The molecule has 0 amide bonds. The molecular formula is C20H14F6N4O2S. The summed E-state index contributed by atoms with van der Waals surface area (Å²) in [4.78, 5) is 7.42. The van der Waals surface area contributed by atoms with E-state index in [1.807, 2.05) is 0 Å².